The summed E-state index contributed by atoms with van der Waals surface area (Å²) >= 11 is 0. The lowest BCUT2D eigenvalue weighted by Crippen LogP contribution is -2.51. The third kappa shape index (κ3) is 0.722. The molecule has 0 aromatic carbocycles. The van der Waals surface area contributed by atoms with E-state index < -0.39 is 0 Å². The highest BCUT2D eigenvalue weighted by Crippen LogP contribution is 2.48. The second-order valence-corrected chi connectivity index (χ2v) is 4.02. The van der Waals surface area contributed by atoms with Gasteiger partial charge in [-0.3, -0.25) is 0 Å². The van der Waals surface area contributed by atoms with Gasteiger partial charge in [0.15, 0.2) is 0 Å². The van der Waals surface area contributed by atoms with E-state index in [2.05, 4.69) is 0 Å². The molecule has 2 heteroatoms. The van der Waals surface area contributed by atoms with Crippen LogP contribution in [0.3, 0.4) is 0 Å². The zero-order valence-corrected chi connectivity index (χ0v) is 6.34. The summed E-state index contributed by atoms with van der Waals surface area (Å²) in [6, 6.07) is 0. The van der Waals surface area contributed by atoms with Crippen LogP contribution in [0.4, 0.5) is 0 Å². The van der Waals surface area contributed by atoms with Gasteiger partial charge >= 0.3 is 0 Å². The molecular weight excluding hydrogens is 124 g/mol. The van der Waals surface area contributed by atoms with E-state index in [0.29, 0.717) is 6.54 Å². The molecule has 2 bridgehead atoms. The fourth-order valence-corrected chi connectivity index (χ4v) is 2.74. The van der Waals surface area contributed by atoms with E-state index in [4.69, 9.17) is 11.5 Å². The van der Waals surface area contributed by atoms with E-state index in [-0.39, 0.29) is 5.54 Å². The van der Waals surface area contributed by atoms with Gasteiger partial charge in [-0.15, -0.1) is 0 Å². The monoisotopic (exact) mass is 140 g/mol. The maximum Gasteiger partial charge on any atom is 0.0309 e. The van der Waals surface area contributed by atoms with Gasteiger partial charge in [0.1, 0.15) is 0 Å². The lowest BCUT2D eigenvalue weighted by Gasteiger charge is -2.32. The van der Waals surface area contributed by atoms with Crippen molar-refractivity contribution in [3.8, 4) is 0 Å². The van der Waals surface area contributed by atoms with Crippen molar-refractivity contribution in [1.82, 2.24) is 0 Å². The standard InChI is InChI=1S/C8H16N2/c9-5-8(10)4-6-1-2-7(8)3-6/h6-7H,1-5,9-10H2/t6?,7?,8-/m1/s1. The lowest BCUT2D eigenvalue weighted by molar-refractivity contribution is 0.279. The first-order chi connectivity index (χ1) is 4.74. The van der Waals surface area contributed by atoms with Crippen LogP contribution in [-0.2, 0) is 0 Å². The number of hydrogen-bond acceptors (Lipinski definition) is 2. The van der Waals surface area contributed by atoms with Gasteiger partial charge in [0.25, 0.3) is 0 Å². The minimum atomic E-state index is 0.0307. The Morgan fingerprint density at radius 1 is 1.40 bits per heavy atom. The molecule has 0 aliphatic heterocycles. The Balaban J connectivity index is 2.14. The van der Waals surface area contributed by atoms with Crippen LogP contribution in [0.1, 0.15) is 25.7 Å². The summed E-state index contributed by atoms with van der Waals surface area (Å²) in [5.74, 6) is 1.67. The molecule has 0 spiro atoms. The number of fused-ring (bicyclic) bond motifs is 2. The normalized spacial score (nSPS) is 52.2. The van der Waals surface area contributed by atoms with Gasteiger partial charge in [-0.25, -0.2) is 0 Å². The van der Waals surface area contributed by atoms with Crippen molar-refractivity contribution in [1.29, 1.82) is 0 Å². The summed E-state index contributed by atoms with van der Waals surface area (Å²) in [5, 5.41) is 0. The van der Waals surface area contributed by atoms with Crippen molar-refractivity contribution in [2.24, 2.45) is 23.3 Å². The fraction of sp³-hybridized carbons (Fsp3) is 1.00. The van der Waals surface area contributed by atoms with E-state index in [1.54, 1.807) is 0 Å². The second kappa shape index (κ2) is 1.95. The predicted molar refractivity (Wildman–Crippen MR) is 41.4 cm³/mol. The quantitative estimate of drug-likeness (QED) is 0.556. The molecule has 4 N–H and O–H groups in total. The Morgan fingerprint density at radius 3 is 2.50 bits per heavy atom. The molecule has 3 atom stereocenters. The molecule has 2 fully saturated rings. The molecule has 2 aliphatic rings. The first kappa shape index (κ1) is 6.62. The van der Waals surface area contributed by atoms with E-state index in [0.717, 1.165) is 11.8 Å². The molecule has 10 heavy (non-hydrogen) atoms. The molecular formula is C8H16N2. The second-order valence-electron chi connectivity index (χ2n) is 4.02. The van der Waals surface area contributed by atoms with Crippen molar-refractivity contribution in [3.05, 3.63) is 0 Å². The van der Waals surface area contributed by atoms with Gasteiger partial charge in [0, 0.05) is 12.1 Å². The first-order valence-electron chi connectivity index (χ1n) is 4.23. The first-order valence-corrected chi connectivity index (χ1v) is 4.23. The summed E-state index contributed by atoms with van der Waals surface area (Å²) < 4.78 is 0. The molecule has 2 rings (SSSR count). The molecule has 2 saturated carbocycles. The van der Waals surface area contributed by atoms with Gasteiger partial charge in [0.05, 0.1) is 0 Å². The Morgan fingerprint density at radius 2 is 2.20 bits per heavy atom. The average molecular weight is 140 g/mol. The summed E-state index contributed by atoms with van der Waals surface area (Å²) in [7, 11) is 0. The van der Waals surface area contributed by atoms with Gasteiger partial charge in [-0.1, -0.05) is 6.42 Å². The Bertz CT molecular complexity index is 146. The third-order valence-electron chi connectivity index (χ3n) is 3.40. The third-order valence-corrected chi connectivity index (χ3v) is 3.40. The van der Waals surface area contributed by atoms with Crippen LogP contribution < -0.4 is 11.5 Å². The van der Waals surface area contributed by atoms with Crippen LogP contribution in [0.2, 0.25) is 0 Å². The molecule has 0 heterocycles. The zero-order chi connectivity index (χ0) is 7.19. The summed E-state index contributed by atoms with van der Waals surface area (Å²) in [6.07, 6.45) is 5.28. The highest BCUT2D eigenvalue weighted by atomic mass is 14.9. The van der Waals surface area contributed by atoms with Crippen molar-refractivity contribution < 1.29 is 0 Å². The molecule has 0 amide bonds. The molecule has 0 aromatic rings. The van der Waals surface area contributed by atoms with Crippen LogP contribution in [-0.4, -0.2) is 12.1 Å². The predicted octanol–water partition coefficient (Wildman–Crippen LogP) is 0.463. The van der Waals surface area contributed by atoms with Crippen molar-refractivity contribution in [2.75, 3.05) is 6.54 Å². The number of hydrogen-bond donors (Lipinski definition) is 2. The average Bonchev–Trinajstić information content (AvgIpc) is 2.46. The summed E-state index contributed by atoms with van der Waals surface area (Å²) in [5.41, 5.74) is 11.8. The van der Waals surface area contributed by atoms with Crippen molar-refractivity contribution in [2.45, 2.75) is 31.2 Å². The van der Waals surface area contributed by atoms with Crippen LogP contribution in [0.15, 0.2) is 0 Å². The van der Waals surface area contributed by atoms with Crippen molar-refractivity contribution in [3.63, 3.8) is 0 Å². The fourth-order valence-electron chi connectivity index (χ4n) is 2.74. The highest BCUT2D eigenvalue weighted by Gasteiger charge is 2.47. The largest absolute Gasteiger partial charge is 0.329 e. The van der Waals surface area contributed by atoms with Crippen molar-refractivity contribution >= 4 is 0 Å². The Hall–Kier alpha value is -0.0800. The maximum atomic E-state index is 6.12. The molecule has 2 unspecified atom stereocenters. The summed E-state index contributed by atoms with van der Waals surface area (Å²) in [6.45, 7) is 0.689. The summed E-state index contributed by atoms with van der Waals surface area (Å²) in [4.78, 5) is 0. The number of nitrogens with two attached hydrogens (primary N) is 2. The Labute approximate surface area is 62.0 Å². The molecule has 2 aliphatic carbocycles. The van der Waals surface area contributed by atoms with Gasteiger partial charge in [0.2, 0.25) is 0 Å². The number of rotatable bonds is 1. The molecule has 58 valence electrons. The van der Waals surface area contributed by atoms with Gasteiger partial charge in [-0.2, -0.15) is 0 Å². The van der Waals surface area contributed by atoms with E-state index in [9.17, 15) is 0 Å². The highest BCUT2D eigenvalue weighted by molar-refractivity contribution is 5.04. The van der Waals surface area contributed by atoms with Gasteiger partial charge < -0.3 is 11.5 Å². The van der Waals surface area contributed by atoms with E-state index in [1.165, 1.54) is 25.7 Å². The maximum absolute atomic E-state index is 6.12. The minimum absolute atomic E-state index is 0.0307. The smallest absolute Gasteiger partial charge is 0.0309 e. The minimum Gasteiger partial charge on any atom is -0.329 e. The van der Waals surface area contributed by atoms with Crippen LogP contribution >= 0.6 is 0 Å². The topological polar surface area (TPSA) is 52.0 Å². The SMILES string of the molecule is NC[C@]1(N)CC2CCC1C2. The molecule has 2 nitrogen and oxygen atoms in total. The lowest BCUT2D eigenvalue weighted by atomic mass is 9.82. The van der Waals surface area contributed by atoms with E-state index >= 15 is 0 Å². The molecule has 0 saturated heterocycles. The molecule has 0 radical (unpaired) electrons. The zero-order valence-electron chi connectivity index (χ0n) is 6.34. The Kier molecular flexibility index (Phi) is 1.29. The van der Waals surface area contributed by atoms with Crippen LogP contribution in [0.5, 0.6) is 0 Å². The van der Waals surface area contributed by atoms with E-state index in [1.807, 2.05) is 0 Å². The van der Waals surface area contributed by atoms with Crippen LogP contribution in [0, 0.1) is 11.8 Å². The van der Waals surface area contributed by atoms with Gasteiger partial charge in [-0.05, 0) is 31.1 Å². The molecule has 0 aromatic heterocycles. The van der Waals surface area contributed by atoms with Crippen LogP contribution in [0.25, 0.3) is 0 Å².